The highest BCUT2D eigenvalue weighted by atomic mass is 16.5. The Labute approximate surface area is 134 Å². The van der Waals surface area contributed by atoms with Crippen LogP contribution in [0.4, 0.5) is 0 Å². The molecule has 0 aromatic heterocycles. The predicted octanol–water partition coefficient (Wildman–Crippen LogP) is 1.51. The van der Waals surface area contributed by atoms with Gasteiger partial charge in [-0.3, -0.25) is 9.69 Å². The Bertz CT molecular complexity index is 341. The van der Waals surface area contributed by atoms with Crippen molar-refractivity contribution < 1.29 is 9.53 Å². The van der Waals surface area contributed by atoms with Gasteiger partial charge in [0.1, 0.15) is 0 Å². The lowest BCUT2D eigenvalue weighted by Gasteiger charge is -2.35. The summed E-state index contributed by atoms with van der Waals surface area (Å²) in [6.07, 6.45) is 6.86. The number of hydrogen-bond donors (Lipinski definition) is 2. The molecule has 0 aromatic carbocycles. The second-order valence-electron chi connectivity index (χ2n) is 7.14. The molecule has 1 saturated heterocycles. The maximum Gasteiger partial charge on any atom is 0.223 e. The molecule has 1 aliphatic carbocycles. The Morgan fingerprint density at radius 1 is 1.23 bits per heavy atom. The van der Waals surface area contributed by atoms with E-state index in [1.165, 1.54) is 0 Å². The molecule has 3 N–H and O–H groups in total. The molecule has 5 heteroatoms. The van der Waals surface area contributed by atoms with Crippen molar-refractivity contribution in [3.05, 3.63) is 0 Å². The third-order valence-corrected chi connectivity index (χ3v) is 4.78. The van der Waals surface area contributed by atoms with Crippen LogP contribution in [0, 0.1) is 5.92 Å². The molecule has 0 aromatic rings. The third kappa shape index (κ3) is 5.86. The van der Waals surface area contributed by atoms with Crippen LogP contribution in [0.15, 0.2) is 0 Å². The molecule has 2 aliphatic rings. The third-order valence-electron chi connectivity index (χ3n) is 4.78. The first-order valence-corrected chi connectivity index (χ1v) is 8.95. The number of nitrogens with zero attached hydrogens (tertiary/aromatic N) is 1. The van der Waals surface area contributed by atoms with Crippen molar-refractivity contribution in [1.82, 2.24) is 10.2 Å². The first-order chi connectivity index (χ1) is 10.5. The van der Waals surface area contributed by atoms with E-state index >= 15 is 0 Å². The minimum Gasteiger partial charge on any atom is -0.373 e. The van der Waals surface area contributed by atoms with Gasteiger partial charge in [-0.15, -0.1) is 0 Å². The highest BCUT2D eigenvalue weighted by Gasteiger charge is 2.25. The summed E-state index contributed by atoms with van der Waals surface area (Å²) in [4.78, 5) is 14.6. The van der Waals surface area contributed by atoms with Gasteiger partial charge in [-0.1, -0.05) is 6.42 Å². The molecular formula is C17H33N3O2. The van der Waals surface area contributed by atoms with E-state index in [4.69, 9.17) is 10.5 Å². The van der Waals surface area contributed by atoms with Gasteiger partial charge in [0.2, 0.25) is 5.91 Å². The van der Waals surface area contributed by atoms with Crippen molar-refractivity contribution in [2.45, 2.75) is 70.6 Å². The van der Waals surface area contributed by atoms with Gasteiger partial charge in [0.25, 0.3) is 0 Å². The summed E-state index contributed by atoms with van der Waals surface area (Å²) in [5.74, 6) is 0.355. The van der Waals surface area contributed by atoms with E-state index < -0.39 is 0 Å². The zero-order valence-corrected chi connectivity index (χ0v) is 14.2. The number of carbonyl (C=O) groups excluding carboxylic acids is 1. The van der Waals surface area contributed by atoms with E-state index in [9.17, 15) is 4.79 Å². The van der Waals surface area contributed by atoms with Gasteiger partial charge in [-0.2, -0.15) is 0 Å². The highest BCUT2D eigenvalue weighted by Crippen LogP contribution is 2.23. The van der Waals surface area contributed by atoms with Crippen molar-refractivity contribution in [3.63, 3.8) is 0 Å². The molecular weight excluding hydrogens is 278 g/mol. The quantitative estimate of drug-likeness (QED) is 0.730. The average Bonchev–Trinajstić information content (AvgIpc) is 2.45. The van der Waals surface area contributed by atoms with Gasteiger partial charge >= 0.3 is 0 Å². The fourth-order valence-corrected chi connectivity index (χ4v) is 3.75. The second kappa shape index (κ2) is 8.85. The summed E-state index contributed by atoms with van der Waals surface area (Å²) < 4.78 is 5.74. The fraction of sp³-hybridized carbons (Fsp3) is 0.941. The number of nitrogens with one attached hydrogen (secondary N) is 1. The van der Waals surface area contributed by atoms with Gasteiger partial charge < -0.3 is 15.8 Å². The zero-order chi connectivity index (χ0) is 15.9. The Balaban J connectivity index is 1.54. The van der Waals surface area contributed by atoms with E-state index in [0.717, 1.165) is 64.7 Å². The van der Waals surface area contributed by atoms with Crippen LogP contribution in [0.2, 0.25) is 0 Å². The molecule has 22 heavy (non-hydrogen) atoms. The van der Waals surface area contributed by atoms with Crippen molar-refractivity contribution in [2.24, 2.45) is 11.7 Å². The first kappa shape index (κ1) is 17.7. The second-order valence-corrected chi connectivity index (χ2v) is 7.14. The molecule has 0 radical (unpaired) electrons. The Morgan fingerprint density at radius 2 is 1.95 bits per heavy atom. The van der Waals surface area contributed by atoms with Crippen LogP contribution in [0.1, 0.15) is 52.4 Å². The summed E-state index contributed by atoms with van der Waals surface area (Å²) >= 11 is 0. The van der Waals surface area contributed by atoms with Crippen LogP contribution in [-0.2, 0) is 9.53 Å². The number of ether oxygens (including phenoxy) is 1. The van der Waals surface area contributed by atoms with E-state index in [1.807, 2.05) is 0 Å². The van der Waals surface area contributed by atoms with Gasteiger partial charge in [-0.25, -0.2) is 0 Å². The molecule has 128 valence electrons. The lowest BCUT2D eigenvalue weighted by Crippen LogP contribution is -2.45. The molecule has 1 saturated carbocycles. The Kier molecular flexibility index (Phi) is 7.12. The van der Waals surface area contributed by atoms with Crippen LogP contribution in [0.5, 0.6) is 0 Å². The minimum atomic E-state index is 0.143. The van der Waals surface area contributed by atoms with Crippen LogP contribution < -0.4 is 11.1 Å². The number of unbranched alkanes of at least 4 members (excludes halogenated alkanes) is 1. The van der Waals surface area contributed by atoms with E-state index in [1.54, 1.807) is 0 Å². The molecule has 1 aliphatic heterocycles. The first-order valence-electron chi connectivity index (χ1n) is 8.95. The number of carbonyl (C=O) groups is 1. The fourth-order valence-electron chi connectivity index (χ4n) is 3.75. The summed E-state index contributed by atoms with van der Waals surface area (Å²) in [5.41, 5.74) is 5.95. The molecule has 1 amide bonds. The SMILES string of the molecule is CC1CN(CCCCNC(=O)C2CCCC(N)C2)CC(C)O1. The largest absolute Gasteiger partial charge is 0.373 e. The van der Waals surface area contributed by atoms with Gasteiger partial charge in [-0.05, 0) is 52.5 Å². The molecule has 2 rings (SSSR count). The highest BCUT2D eigenvalue weighted by molar-refractivity contribution is 5.78. The van der Waals surface area contributed by atoms with Crippen LogP contribution >= 0.6 is 0 Å². The van der Waals surface area contributed by atoms with Crippen molar-refractivity contribution in [2.75, 3.05) is 26.2 Å². The number of amides is 1. The number of hydrogen-bond acceptors (Lipinski definition) is 4. The van der Waals surface area contributed by atoms with Crippen LogP contribution in [0.3, 0.4) is 0 Å². The van der Waals surface area contributed by atoms with E-state index in [0.29, 0.717) is 12.2 Å². The smallest absolute Gasteiger partial charge is 0.223 e. The van der Waals surface area contributed by atoms with Gasteiger partial charge in [0, 0.05) is 31.6 Å². The summed E-state index contributed by atoms with van der Waals surface area (Å²) in [6.45, 7) is 8.21. The molecule has 5 nitrogen and oxygen atoms in total. The number of nitrogens with two attached hydrogens (primary N) is 1. The minimum absolute atomic E-state index is 0.143. The number of rotatable bonds is 6. The molecule has 1 heterocycles. The maximum atomic E-state index is 12.1. The van der Waals surface area contributed by atoms with Crippen molar-refractivity contribution in [1.29, 1.82) is 0 Å². The molecule has 4 atom stereocenters. The van der Waals surface area contributed by atoms with Crippen molar-refractivity contribution >= 4 is 5.91 Å². The lowest BCUT2D eigenvalue weighted by atomic mass is 9.85. The molecule has 4 unspecified atom stereocenters. The standard InChI is InChI=1S/C17H33N3O2/c1-13-11-20(12-14(2)22-13)9-4-3-8-19-17(21)15-6-5-7-16(18)10-15/h13-16H,3-12,18H2,1-2H3,(H,19,21). The molecule has 0 bridgehead atoms. The summed E-state index contributed by atoms with van der Waals surface area (Å²) in [7, 11) is 0. The average molecular weight is 311 g/mol. The van der Waals surface area contributed by atoms with Crippen molar-refractivity contribution in [3.8, 4) is 0 Å². The number of morpholine rings is 1. The van der Waals surface area contributed by atoms with Crippen LogP contribution in [0.25, 0.3) is 0 Å². The van der Waals surface area contributed by atoms with Gasteiger partial charge in [0.05, 0.1) is 12.2 Å². The normalized spacial score (nSPS) is 33.6. The van der Waals surface area contributed by atoms with Gasteiger partial charge in [0.15, 0.2) is 0 Å². The topological polar surface area (TPSA) is 67.6 Å². The van der Waals surface area contributed by atoms with E-state index in [2.05, 4.69) is 24.1 Å². The zero-order valence-electron chi connectivity index (χ0n) is 14.2. The Hall–Kier alpha value is -0.650. The predicted molar refractivity (Wildman–Crippen MR) is 88.6 cm³/mol. The summed E-state index contributed by atoms with van der Waals surface area (Å²) in [6, 6.07) is 0.217. The van der Waals surface area contributed by atoms with Crippen LogP contribution in [-0.4, -0.2) is 55.2 Å². The lowest BCUT2D eigenvalue weighted by molar-refractivity contribution is -0.126. The Morgan fingerprint density at radius 3 is 2.64 bits per heavy atom. The molecule has 0 spiro atoms. The summed E-state index contributed by atoms with van der Waals surface area (Å²) in [5, 5.41) is 3.09. The maximum absolute atomic E-state index is 12.1. The molecule has 2 fully saturated rings. The monoisotopic (exact) mass is 311 g/mol. The van der Waals surface area contributed by atoms with E-state index in [-0.39, 0.29) is 17.9 Å².